The summed E-state index contributed by atoms with van der Waals surface area (Å²) in [5.74, 6) is -1.44. The first-order valence-corrected chi connectivity index (χ1v) is 5.79. The quantitative estimate of drug-likeness (QED) is 0.487. The molecule has 1 rings (SSSR count). The maximum absolute atomic E-state index is 11.6. The van der Waals surface area contributed by atoms with Crippen LogP contribution in [0.3, 0.4) is 0 Å². The van der Waals surface area contributed by atoms with Crippen LogP contribution in [-0.4, -0.2) is 21.5 Å². The molecule has 0 amide bonds. The van der Waals surface area contributed by atoms with Crippen LogP contribution in [0.25, 0.3) is 0 Å². The van der Waals surface area contributed by atoms with Crippen LogP contribution in [0.1, 0.15) is 0 Å². The molecule has 1 atom stereocenters. The van der Waals surface area contributed by atoms with E-state index in [0.29, 0.717) is 0 Å². The summed E-state index contributed by atoms with van der Waals surface area (Å²) in [6.07, 6.45) is 0. The average Bonchev–Trinajstić information content (AvgIpc) is 2.25. The number of nitriles is 1. The molecule has 1 aromatic heterocycles. The van der Waals surface area contributed by atoms with Gasteiger partial charge in [-0.15, -0.1) is 0 Å². The van der Waals surface area contributed by atoms with Crippen molar-refractivity contribution < 1.29 is 4.79 Å². The van der Waals surface area contributed by atoms with Crippen molar-refractivity contribution in [1.82, 2.24) is 9.97 Å². The molecule has 18 heavy (non-hydrogen) atoms. The maximum atomic E-state index is 11.6. The fraction of sp³-hybridized carbons (Fsp3) is 0.200. The third-order valence-corrected chi connectivity index (χ3v) is 2.81. The number of Topliss-reactive ketones (excluding diaryl/α,β-unsaturated/α-hetero) is 1. The number of nitrogens with two attached hydrogens (primary N) is 2. The first-order valence-electron chi connectivity index (χ1n) is 4.80. The Morgan fingerprint density at radius 3 is 2.89 bits per heavy atom. The standard InChI is InChI=1S/C10H11N5O2S/c1-5(12)6(3-11)7(16)4-18-10-14-8(13)2-9(17)15-10/h2,6H,1,4,12H2,(H3,13,14,15,17). The van der Waals surface area contributed by atoms with E-state index >= 15 is 0 Å². The van der Waals surface area contributed by atoms with Crippen molar-refractivity contribution in [1.29, 1.82) is 5.26 Å². The zero-order chi connectivity index (χ0) is 13.7. The number of thioether (sulfide) groups is 1. The highest BCUT2D eigenvalue weighted by molar-refractivity contribution is 7.99. The number of aromatic amines is 1. The molecule has 0 bridgehead atoms. The molecule has 0 aromatic carbocycles. The number of allylic oxidation sites excluding steroid dienone is 1. The molecule has 0 saturated heterocycles. The number of H-pyrrole nitrogens is 1. The first-order chi connectivity index (χ1) is 8.43. The fourth-order valence-corrected chi connectivity index (χ4v) is 1.89. The van der Waals surface area contributed by atoms with Gasteiger partial charge in [0.1, 0.15) is 11.7 Å². The molecule has 8 heteroatoms. The van der Waals surface area contributed by atoms with E-state index in [1.54, 1.807) is 6.07 Å². The molecule has 0 saturated carbocycles. The van der Waals surface area contributed by atoms with E-state index in [0.717, 1.165) is 17.8 Å². The molecular weight excluding hydrogens is 254 g/mol. The number of hydrogen-bond donors (Lipinski definition) is 3. The summed E-state index contributed by atoms with van der Waals surface area (Å²) in [5, 5.41) is 8.95. The number of nitrogens with one attached hydrogen (secondary N) is 1. The van der Waals surface area contributed by atoms with Crippen molar-refractivity contribution >= 4 is 23.4 Å². The van der Waals surface area contributed by atoms with Gasteiger partial charge in [-0.25, -0.2) is 4.98 Å². The fourth-order valence-electron chi connectivity index (χ4n) is 1.11. The molecule has 7 nitrogen and oxygen atoms in total. The van der Waals surface area contributed by atoms with Gasteiger partial charge in [-0.1, -0.05) is 18.3 Å². The second-order valence-electron chi connectivity index (χ2n) is 3.37. The molecule has 0 spiro atoms. The normalized spacial score (nSPS) is 11.5. The number of rotatable bonds is 5. The van der Waals surface area contributed by atoms with E-state index in [1.165, 1.54) is 0 Å². The first kappa shape index (κ1) is 13.8. The van der Waals surface area contributed by atoms with Crippen LogP contribution in [0.2, 0.25) is 0 Å². The lowest BCUT2D eigenvalue weighted by Crippen LogP contribution is -2.21. The van der Waals surface area contributed by atoms with Gasteiger partial charge in [0.05, 0.1) is 11.8 Å². The van der Waals surface area contributed by atoms with Gasteiger partial charge < -0.3 is 16.5 Å². The second-order valence-corrected chi connectivity index (χ2v) is 4.33. The van der Waals surface area contributed by atoms with Gasteiger partial charge in [-0.3, -0.25) is 9.59 Å². The van der Waals surface area contributed by atoms with E-state index in [-0.39, 0.29) is 22.4 Å². The van der Waals surface area contributed by atoms with Crippen LogP contribution in [0.15, 0.2) is 28.3 Å². The zero-order valence-electron chi connectivity index (χ0n) is 9.34. The van der Waals surface area contributed by atoms with Crippen molar-refractivity contribution in [2.45, 2.75) is 5.16 Å². The third kappa shape index (κ3) is 3.64. The number of carbonyl (C=O) groups excluding carboxylic acids is 1. The van der Waals surface area contributed by atoms with Gasteiger partial charge in [0.2, 0.25) is 0 Å². The summed E-state index contributed by atoms with van der Waals surface area (Å²) < 4.78 is 0. The highest BCUT2D eigenvalue weighted by atomic mass is 32.2. The van der Waals surface area contributed by atoms with Crippen molar-refractivity contribution in [3.05, 3.63) is 28.7 Å². The smallest absolute Gasteiger partial charge is 0.253 e. The van der Waals surface area contributed by atoms with E-state index in [9.17, 15) is 9.59 Å². The Labute approximate surface area is 107 Å². The lowest BCUT2D eigenvalue weighted by molar-refractivity contribution is -0.117. The average molecular weight is 265 g/mol. The van der Waals surface area contributed by atoms with Crippen LogP contribution < -0.4 is 17.0 Å². The number of ketones is 1. The minimum Gasteiger partial charge on any atom is -0.401 e. The van der Waals surface area contributed by atoms with Crippen LogP contribution >= 0.6 is 11.8 Å². The molecule has 0 radical (unpaired) electrons. The molecule has 1 heterocycles. The predicted octanol–water partition coefficient (Wildman–Crippen LogP) is -0.375. The molecule has 1 aromatic rings. The number of nitrogen functional groups attached to an aromatic ring is 1. The topological polar surface area (TPSA) is 139 Å². The van der Waals surface area contributed by atoms with Gasteiger partial charge >= 0.3 is 0 Å². The zero-order valence-corrected chi connectivity index (χ0v) is 10.2. The molecule has 0 aliphatic rings. The predicted molar refractivity (Wildman–Crippen MR) is 67.4 cm³/mol. The Kier molecular flexibility index (Phi) is 4.51. The lowest BCUT2D eigenvalue weighted by atomic mass is 10.1. The van der Waals surface area contributed by atoms with E-state index in [4.69, 9.17) is 16.7 Å². The Morgan fingerprint density at radius 2 is 2.39 bits per heavy atom. The lowest BCUT2D eigenvalue weighted by Gasteiger charge is -2.06. The highest BCUT2D eigenvalue weighted by Crippen LogP contribution is 2.15. The summed E-state index contributed by atoms with van der Waals surface area (Å²) in [5.41, 5.74) is 10.3. The number of hydrogen-bond acceptors (Lipinski definition) is 7. The monoisotopic (exact) mass is 265 g/mol. The Balaban J connectivity index is 2.71. The van der Waals surface area contributed by atoms with Gasteiger partial charge in [0, 0.05) is 11.8 Å². The Bertz CT molecular complexity index is 574. The molecule has 0 aliphatic carbocycles. The van der Waals surface area contributed by atoms with Crippen molar-refractivity contribution in [2.24, 2.45) is 11.7 Å². The molecular formula is C10H11N5O2S. The molecule has 94 valence electrons. The van der Waals surface area contributed by atoms with Gasteiger partial charge in [-0.2, -0.15) is 5.26 Å². The van der Waals surface area contributed by atoms with E-state index in [2.05, 4.69) is 16.5 Å². The summed E-state index contributed by atoms with van der Waals surface area (Å²) in [6.45, 7) is 3.36. The van der Waals surface area contributed by atoms with E-state index < -0.39 is 17.3 Å². The Hall–Kier alpha value is -2.27. The largest absolute Gasteiger partial charge is 0.401 e. The summed E-state index contributed by atoms with van der Waals surface area (Å²) >= 11 is 0.974. The minimum absolute atomic E-state index is 0.00266. The molecule has 5 N–H and O–H groups in total. The summed E-state index contributed by atoms with van der Waals surface area (Å²) in [7, 11) is 0. The van der Waals surface area contributed by atoms with Crippen LogP contribution in [0.5, 0.6) is 0 Å². The number of anilines is 1. The second kappa shape index (κ2) is 5.88. The van der Waals surface area contributed by atoms with Crippen molar-refractivity contribution in [2.75, 3.05) is 11.5 Å². The Morgan fingerprint density at radius 1 is 1.72 bits per heavy atom. The minimum atomic E-state index is -1.05. The number of nitrogens with zero attached hydrogens (tertiary/aromatic N) is 2. The SMILES string of the molecule is C=C(N)C(C#N)C(=O)CSc1nc(N)cc(=O)[nH]1. The van der Waals surface area contributed by atoms with Gasteiger partial charge in [0.15, 0.2) is 10.9 Å². The van der Waals surface area contributed by atoms with Crippen LogP contribution in [0, 0.1) is 17.2 Å². The van der Waals surface area contributed by atoms with Gasteiger partial charge in [0.25, 0.3) is 5.56 Å². The molecule has 0 aliphatic heterocycles. The van der Waals surface area contributed by atoms with E-state index in [1.807, 2.05) is 0 Å². The highest BCUT2D eigenvalue weighted by Gasteiger charge is 2.19. The maximum Gasteiger partial charge on any atom is 0.253 e. The summed E-state index contributed by atoms with van der Waals surface area (Å²) in [4.78, 5) is 29.0. The van der Waals surface area contributed by atoms with Gasteiger partial charge in [-0.05, 0) is 0 Å². The summed E-state index contributed by atoms with van der Waals surface area (Å²) in [6, 6.07) is 2.89. The van der Waals surface area contributed by atoms with Crippen LogP contribution in [-0.2, 0) is 4.79 Å². The molecule has 0 fully saturated rings. The number of carbonyl (C=O) groups is 1. The molecule has 1 unspecified atom stereocenters. The third-order valence-electron chi connectivity index (χ3n) is 1.91. The number of aromatic nitrogens is 2. The van der Waals surface area contributed by atoms with Crippen LogP contribution in [0.4, 0.5) is 5.82 Å². The van der Waals surface area contributed by atoms with Crippen molar-refractivity contribution in [3.63, 3.8) is 0 Å². The van der Waals surface area contributed by atoms with Crippen molar-refractivity contribution in [3.8, 4) is 6.07 Å².